The van der Waals surface area contributed by atoms with E-state index >= 15 is 0 Å². The van der Waals surface area contributed by atoms with Crippen LogP contribution >= 0.6 is 0 Å². The molecule has 0 radical (unpaired) electrons. The van der Waals surface area contributed by atoms with Crippen LogP contribution in [-0.2, 0) is 6.54 Å². The number of carboxylic acid groups (broad SMARTS) is 1. The van der Waals surface area contributed by atoms with E-state index in [0.717, 1.165) is 5.56 Å². The Morgan fingerprint density at radius 1 is 1.15 bits per heavy atom. The van der Waals surface area contributed by atoms with Gasteiger partial charge >= 0.3 is 5.97 Å². The third-order valence-corrected chi connectivity index (χ3v) is 2.84. The smallest absolute Gasteiger partial charge is 0.337 e. The first kappa shape index (κ1) is 13.7. The summed E-state index contributed by atoms with van der Waals surface area (Å²) in [6.45, 7) is 0.455. The molecule has 1 aromatic carbocycles. The lowest BCUT2D eigenvalue weighted by molar-refractivity contribution is 0.0696. The molecular formula is C15H14N2O3. The van der Waals surface area contributed by atoms with E-state index in [9.17, 15) is 9.59 Å². The summed E-state index contributed by atoms with van der Waals surface area (Å²) in [7, 11) is 1.67. The molecule has 0 saturated heterocycles. The monoisotopic (exact) mass is 270 g/mol. The SMILES string of the molecule is CN(Cc1ccccc1)C(=O)c1cncc(C(=O)O)c1. The normalized spacial score (nSPS) is 10.1. The predicted octanol–water partition coefficient (Wildman–Crippen LogP) is 2.05. The Bertz CT molecular complexity index is 626. The number of hydrogen-bond acceptors (Lipinski definition) is 3. The van der Waals surface area contributed by atoms with Crippen LogP contribution in [0.15, 0.2) is 48.8 Å². The van der Waals surface area contributed by atoms with E-state index in [2.05, 4.69) is 4.98 Å². The molecule has 1 amide bonds. The predicted molar refractivity (Wildman–Crippen MR) is 73.4 cm³/mol. The van der Waals surface area contributed by atoms with E-state index in [4.69, 9.17) is 5.11 Å². The van der Waals surface area contributed by atoms with Crippen molar-refractivity contribution in [3.8, 4) is 0 Å². The van der Waals surface area contributed by atoms with Gasteiger partial charge in [0.2, 0.25) is 0 Å². The van der Waals surface area contributed by atoms with Gasteiger partial charge < -0.3 is 10.0 Å². The number of pyridine rings is 1. The number of benzene rings is 1. The minimum absolute atomic E-state index is 0.00367. The van der Waals surface area contributed by atoms with Crippen LogP contribution in [-0.4, -0.2) is 33.9 Å². The summed E-state index contributed by atoms with van der Waals surface area (Å²) in [6.07, 6.45) is 2.59. The van der Waals surface area contributed by atoms with Gasteiger partial charge in [0.05, 0.1) is 11.1 Å². The standard InChI is InChI=1S/C15H14N2O3/c1-17(10-11-5-3-2-4-6-11)14(18)12-7-13(15(19)20)9-16-8-12/h2-9H,10H2,1H3,(H,19,20). The molecule has 0 unspecified atom stereocenters. The topological polar surface area (TPSA) is 70.5 Å². The summed E-state index contributed by atoms with van der Waals surface area (Å²) < 4.78 is 0. The number of nitrogens with zero attached hydrogens (tertiary/aromatic N) is 2. The fourth-order valence-corrected chi connectivity index (χ4v) is 1.82. The second-order valence-corrected chi connectivity index (χ2v) is 4.41. The largest absolute Gasteiger partial charge is 0.478 e. The molecule has 0 aliphatic carbocycles. The molecule has 102 valence electrons. The molecule has 0 aliphatic rings. The first-order valence-electron chi connectivity index (χ1n) is 6.05. The van der Waals surface area contributed by atoms with Gasteiger partial charge in [0.15, 0.2) is 0 Å². The lowest BCUT2D eigenvalue weighted by atomic mass is 10.1. The molecule has 0 spiro atoms. The number of rotatable bonds is 4. The van der Waals surface area contributed by atoms with Gasteiger partial charge in [-0.05, 0) is 11.6 Å². The van der Waals surface area contributed by atoms with Crippen LogP contribution in [0.3, 0.4) is 0 Å². The van der Waals surface area contributed by atoms with Gasteiger partial charge in [-0.15, -0.1) is 0 Å². The lowest BCUT2D eigenvalue weighted by Crippen LogP contribution is -2.26. The van der Waals surface area contributed by atoms with Gasteiger partial charge in [-0.25, -0.2) is 4.79 Å². The fourth-order valence-electron chi connectivity index (χ4n) is 1.82. The van der Waals surface area contributed by atoms with Gasteiger partial charge in [0, 0.05) is 26.0 Å². The molecule has 20 heavy (non-hydrogen) atoms. The molecule has 0 saturated carbocycles. The zero-order valence-electron chi connectivity index (χ0n) is 11.0. The summed E-state index contributed by atoms with van der Waals surface area (Å²) in [6, 6.07) is 10.9. The van der Waals surface area contributed by atoms with Crippen molar-refractivity contribution in [3.05, 3.63) is 65.5 Å². The molecule has 0 atom stereocenters. The highest BCUT2D eigenvalue weighted by Crippen LogP contribution is 2.09. The minimum Gasteiger partial charge on any atom is -0.478 e. The molecule has 1 N–H and O–H groups in total. The average molecular weight is 270 g/mol. The Balaban J connectivity index is 2.14. The molecule has 2 aromatic rings. The third kappa shape index (κ3) is 3.20. The number of amides is 1. The maximum Gasteiger partial charge on any atom is 0.337 e. The van der Waals surface area contributed by atoms with Crippen LogP contribution in [0.1, 0.15) is 26.3 Å². The van der Waals surface area contributed by atoms with E-state index in [0.29, 0.717) is 6.54 Å². The van der Waals surface area contributed by atoms with E-state index in [-0.39, 0.29) is 17.0 Å². The van der Waals surface area contributed by atoms with Crippen molar-refractivity contribution in [2.24, 2.45) is 0 Å². The van der Waals surface area contributed by atoms with Crippen LogP contribution in [0, 0.1) is 0 Å². The number of hydrogen-bond donors (Lipinski definition) is 1. The van der Waals surface area contributed by atoms with Crippen molar-refractivity contribution >= 4 is 11.9 Å². The molecule has 0 bridgehead atoms. The Morgan fingerprint density at radius 2 is 1.80 bits per heavy atom. The van der Waals surface area contributed by atoms with Crippen molar-refractivity contribution in [2.75, 3.05) is 7.05 Å². The number of carbonyl (C=O) groups is 2. The maximum absolute atomic E-state index is 12.2. The Morgan fingerprint density at radius 3 is 2.45 bits per heavy atom. The molecule has 2 rings (SSSR count). The Kier molecular flexibility index (Phi) is 4.10. The van der Waals surface area contributed by atoms with Crippen LogP contribution in [0.5, 0.6) is 0 Å². The molecule has 0 aliphatic heterocycles. The zero-order valence-corrected chi connectivity index (χ0v) is 11.0. The van der Waals surface area contributed by atoms with Crippen molar-refractivity contribution in [1.29, 1.82) is 0 Å². The van der Waals surface area contributed by atoms with Gasteiger partial charge in [-0.3, -0.25) is 9.78 Å². The molecule has 0 fully saturated rings. The Labute approximate surface area is 116 Å². The van der Waals surface area contributed by atoms with Crippen LogP contribution in [0.4, 0.5) is 0 Å². The second-order valence-electron chi connectivity index (χ2n) is 4.41. The number of carbonyl (C=O) groups excluding carboxylic acids is 1. The van der Waals surface area contributed by atoms with E-state index in [1.54, 1.807) is 7.05 Å². The van der Waals surface area contributed by atoms with Crippen molar-refractivity contribution in [1.82, 2.24) is 9.88 Å². The molecule has 1 aromatic heterocycles. The van der Waals surface area contributed by atoms with Crippen molar-refractivity contribution < 1.29 is 14.7 Å². The first-order valence-corrected chi connectivity index (χ1v) is 6.05. The van der Waals surface area contributed by atoms with Gasteiger partial charge in [0.25, 0.3) is 5.91 Å². The highest BCUT2D eigenvalue weighted by molar-refractivity contribution is 5.96. The zero-order chi connectivity index (χ0) is 14.5. The van der Waals surface area contributed by atoms with Crippen LogP contribution < -0.4 is 0 Å². The summed E-state index contributed by atoms with van der Waals surface area (Å²) >= 11 is 0. The van der Waals surface area contributed by atoms with Crippen molar-refractivity contribution in [3.63, 3.8) is 0 Å². The second kappa shape index (κ2) is 5.97. The van der Waals surface area contributed by atoms with Crippen LogP contribution in [0.25, 0.3) is 0 Å². The van der Waals surface area contributed by atoms with Gasteiger partial charge in [0.1, 0.15) is 0 Å². The number of aromatic carboxylic acids is 1. The summed E-state index contributed by atoms with van der Waals surface area (Å²) in [5.74, 6) is -1.36. The van der Waals surface area contributed by atoms with Gasteiger partial charge in [-0.1, -0.05) is 30.3 Å². The summed E-state index contributed by atoms with van der Waals surface area (Å²) in [4.78, 5) is 28.4. The lowest BCUT2D eigenvalue weighted by Gasteiger charge is -2.17. The molecule has 5 nitrogen and oxygen atoms in total. The third-order valence-electron chi connectivity index (χ3n) is 2.84. The minimum atomic E-state index is -1.10. The summed E-state index contributed by atoms with van der Waals surface area (Å²) in [5.41, 5.74) is 1.28. The van der Waals surface area contributed by atoms with Crippen LogP contribution in [0.2, 0.25) is 0 Å². The molecular weight excluding hydrogens is 256 g/mol. The maximum atomic E-state index is 12.2. The number of aromatic nitrogens is 1. The Hall–Kier alpha value is -2.69. The highest BCUT2D eigenvalue weighted by atomic mass is 16.4. The molecule has 1 heterocycles. The van der Waals surface area contributed by atoms with E-state index in [1.807, 2.05) is 30.3 Å². The molecule has 5 heteroatoms. The van der Waals surface area contributed by atoms with E-state index < -0.39 is 5.97 Å². The van der Waals surface area contributed by atoms with Gasteiger partial charge in [-0.2, -0.15) is 0 Å². The summed E-state index contributed by atoms with van der Waals surface area (Å²) in [5, 5.41) is 8.90. The number of carboxylic acids is 1. The van der Waals surface area contributed by atoms with E-state index in [1.165, 1.54) is 23.4 Å². The average Bonchev–Trinajstić information content (AvgIpc) is 2.47. The fraction of sp³-hybridized carbons (Fsp3) is 0.133. The van der Waals surface area contributed by atoms with Crippen molar-refractivity contribution in [2.45, 2.75) is 6.54 Å². The quantitative estimate of drug-likeness (QED) is 0.923. The first-order chi connectivity index (χ1) is 9.58. The highest BCUT2D eigenvalue weighted by Gasteiger charge is 2.14.